The standard InChI is InChI=1S/C9H7F3N2O/c1-4-14-7-3-5(9(10,11)12)2-6(13)8(7)15-4/h2-3H,13H2,1H3. The van der Waals surface area contributed by atoms with Crippen LogP contribution in [0.5, 0.6) is 0 Å². The van der Waals surface area contributed by atoms with Crippen LogP contribution in [0.3, 0.4) is 0 Å². The number of alkyl halides is 3. The maximum Gasteiger partial charge on any atom is 0.416 e. The van der Waals surface area contributed by atoms with Crippen molar-refractivity contribution in [1.29, 1.82) is 0 Å². The number of nitrogen functional groups attached to an aromatic ring is 1. The van der Waals surface area contributed by atoms with Crippen LogP contribution in [0, 0.1) is 6.92 Å². The quantitative estimate of drug-likeness (QED) is 0.689. The highest BCUT2D eigenvalue weighted by Gasteiger charge is 2.31. The van der Waals surface area contributed by atoms with E-state index in [2.05, 4.69) is 4.98 Å². The minimum absolute atomic E-state index is 0.0552. The zero-order chi connectivity index (χ0) is 11.2. The molecule has 1 heterocycles. The van der Waals surface area contributed by atoms with Crippen molar-refractivity contribution in [2.45, 2.75) is 13.1 Å². The molecule has 2 N–H and O–H groups in total. The minimum atomic E-state index is -4.42. The molecule has 0 amide bonds. The van der Waals surface area contributed by atoms with E-state index in [1.54, 1.807) is 6.92 Å². The summed E-state index contributed by atoms with van der Waals surface area (Å²) in [5.74, 6) is 0.288. The van der Waals surface area contributed by atoms with E-state index in [0.29, 0.717) is 0 Å². The summed E-state index contributed by atoms with van der Waals surface area (Å²) >= 11 is 0. The Hall–Kier alpha value is -1.72. The number of nitrogens with two attached hydrogens (primary N) is 1. The molecule has 0 saturated carbocycles. The van der Waals surface area contributed by atoms with Gasteiger partial charge in [-0.15, -0.1) is 0 Å². The first-order valence-corrected chi connectivity index (χ1v) is 4.12. The number of oxazole rings is 1. The molecule has 2 rings (SSSR count). The molecule has 2 aromatic rings. The predicted molar refractivity (Wildman–Crippen MR) is 48.2 cm³/mol. The summed E-state index contributed by atoms with van der Waals surface area (Å²) in [6.07, 6.45) is -4.42. The number of benzene rings is 1. The lowest BCUT2D eigenvalue weighted by Gasteiger charge is -2.06. The van der Waals surface area contributed by atoms with Crippen molar-refractivity contribution in [1.82, 2.24) is 4.98 Å². The Morgan fingerprint density at radius 2 is 2.00 bits per heavy atom. The summed E-state index contributed by atoms with van der Waals surface area (Å²) < 4.78 is 42.2. The smallest absolute Gasteiger partial charge is 0.416 e. The van der Waals surface area contributed by atoms with Gasteiger partial charge in [0.1, 0.15) is 5.52 Å². The van der Waals surface area contributed by atoms with Gasteiger partial charge >= 0.3 is 6.18 Å². The van der Waals surface area contributed by atoms with Crippen LogP contribution >= 0.6 is 0 Å². The summed E-state index contributed by atoms with van der Waals surface area (Å²) in [6.45, 7) is 1.55. The fraction of sp³-hybridized carbons (Fsp3) is 0.222. The maximum absolute atomic E-state index is 12.4. The molecule has 0 aliphatic heterocycles. The molecular formula is C9H7F3N2O. The molecule has 15 heavy (non-hydrogen) atoms. The molecule has 0 saturated heterocycles. The number of hydrogen-bond acceptors (Lipinski definition) is 3. The summed E-state index contributed by atoms with van der Waals surface area (Å²) in [5.41, 5.74) is 4.88. The molecule has 3 nitrogen and oxygen atoms in total. The van der Waals surface area contributed by atoms with E-state index in [1.807, 2.05) is 0 Å². The third-order valence-electron chi connectivity index (χ3n) is 1.95. The van der Waals surface area contributed by atoms with Crippen LogP contribution in [-0.2, 0) is 6.18 Å². The fourth-order valence-electron chi connectivity index (χ4n) is 1.33. The number of nitrogens with zero attached hydrogens (tertiary/aromatic N) is 1. The highest BCUT2D eigenvalue weighted by Crippen LogP contribution is 2.34. The first-order chi connectivity index (χ1) is 6.88. The van der Waals surface area contributed by atoms with E-state index in [-0.39, 0.29) is 22.7 Å². The van der Waals surface area contributed by atoms with Gasteiger partial charge in [-0.1, -0.05) is 0 Å². The lowest BCUT2D eigenvalue weighted by atomic mass is 10.1. The van der Waals surface area contributed by atoms with E-state index < -0.39 is 11.7 Å². The third-order valence-corrected chi connectivity index (χ3v) is 1.95. The van der Waals surface area contributed by atoms with Crippen LogP contribution in [0.4, 0.5) is 18.9 Å². The average Bonchev–Trinajstić information content (AvgIpc) is 2.44. The van der Waals surface area contributed by atoms with Crippen molar-refractivity contribution in [3.8, 4) is 0 Å². The first-order valence-electron chi connectivity index (χ1n) is 4.12. The van der Waals surface area contributed by atoms with Gasteiger partial charge in [-0.25, -0.2) is 4.98 Å². The maximum atomic E-state index is 12.4. The van der Waals surface area contributed by atoms with Crippen molar-refractivity contribution in [2.75, 3.05) is 5.73 Å². The number of aryl methyl sites for hydroxylation is 1. The number of rotatable bonds is 0. The molecule has 6 heteroatoms. The van der Waals surface area contributed by atoms with Gasteiger partial charge in [0.15, 0.2) is 11.5 Å². The highest BCUT2D eigenvalue weighted by molar-refractivity contribution is 5.85. The Morgan fingerprint density at radius 3 is 2.60 bits per heavy atom. The lowest BCUT2D eigenvalue weighted by molar-refractivity contribution is -0.137. The average molecular weight is 216 g/mol. The Bertz CT molecular complexity index is 516. The summed E-state index contributed by atoms with van der Waals surface area (Å²) in [7, 11) is 0. The van der Waals surface area contributed by atoms with Gasteiger partial charge < -0.3 is 10.2 Å². The van der Waals surface area contributed by atoms with Crippen LogP contribution in [-0.4, -0.2) is 4.98 Å². The number of aromatic nitrogens is 1. The Kier molecular flexibility index (Phi) is 1.89. The fourth-order valence-corrected chi connectivity index (χ4v) is 1.33. The molecule has 0 unspecified atom stereocenters. The summed E-state index contributed by atoms with van der Waals surface area (Å²) in [6, 6.07) is 1.76. The SMILES string of the molecule is Cc1nc2cc(C(F)(F)F)cc(N)c2o1. The Balaban J connectivity index is 2.72. The molecule has 0 radical (unpaired) electrons. The molecule has 0 fully saturated rings. The van der Waals surface area contributed by atoms with Gasteiger partial charge in [0, 0.05) is 6.92 Å². The first kappa shape index (κ1) is 9.82. The van der Waals surface area contributed by atoms with E-state index in [9.17, 15) is 13.2 Å². The van der Waals surface area contributed by atoms with Crippen molar-refractivity contribution in [3.63, 3.8) is 0 Å². The van der Waals surface area contributed by atoms with Crippen molar-refractivity contribution in [2.24, 2.45) is 0 Å². The monoisotopic (exact) mass is 216 g/mol. The Labute approximate surface area is 82.7 Å². The van der Waals surface area contributed by atoms with Crippen LogP contribution in [0.25, 0.3) is 11.1 Å². The van der Waals surface area contributed by atoms with Crippen LogP contribution in [0.2, 0.25) is 0 Å². The van der Waals surface area contributed by atoms with Crippen LogP contribution in [0.15, 0.2) is 16.5 Å². The van der Waals surface area contributed by atoms with Gasteiger partial charge in [-0.2, -0.15) is 13.2 Å². The number of halogens is 3. The van der Waals surface area contributed by atoms with Crippen molar-refractivity contribution >= 4 is 16.8 Å². The molecule has 0 atom stereocenters. The zero-order valence-corrected chi connectivity index (χ0v) is 7.72. The number of hydrogen-bond donors (Lipinski definition) is 1. The second kappa shape index (κ2) is 2.88. The lowest BCUT2D eigenvalue weighted by Crippen LogP contribution is -2.05. The molecular weight excluding hydrogens is 209 g/mol. The van der Waals surface area contributed by atoms with Crippen molar-refractivity contribution in [3.05, 3.63) is 23.6 Å². The second-order valence-corrected chi connectivity index (χ2v) is 3.14. The topological polar surface area (TPSA) is 52.0 Å². The molecule has 1 aromatic heterocycles. The Morgan fingerprint density at radius 1 is 1.33 bits per heavy atom. The van der Waals surface area contributed by atoms with E-state index in [1.165, 1.54) is 0 Å². The molecule has 0 bridgehead atoms. The third kappa shape index (κ3) is 1.62. The normalized spacial score (nSPS) is 12.3. The molecule has 0 aliphatic rings. The van der Waals surface area contributed by atoms with Gasteiger partial charge in [0.25, 0.3) is 0 Å². The van der Waals surface area contributed by atoms with Crippen LogP contribution < -0.4 is 5.73 Å². The summed E-state index contributed by atoms with van der Waals surface area (Å²) in [4.78, 5) is 3.80. The predicted octanol–water partition coefficient (Wildman–Crippen LogP) is 2.74. The minimum Gasteiger partial charge on any atom is -0.439 e. The number of fused-ring (bicyclic) bond motifs is 1. The van der Waals surface area contributed by atoms with E-state index >= 15 is 0 Å². The van der Waals surface area contributed by atoms with Gasteiger partial charge in [0.2, 0.25) is 0 Å². The van der Waals surface area contributed by atoms with E-state index in [4.69, 9.17) is 10.2 Å². The highest BCUT2D eigenvalue weighted by atomic mass is 19.4. The van der Waals surface area contributed by atoms with Gasteiger partial charge in [-0.05, 0) is 12.1 Å². The summed E-state index contributed by atoms with van der Waals surface area (Å²) in [5, 5.41) is 0. The number of anilines is 1. The van der Waals surface area contributed by atoms with Crippen LogP contribution in [0.1, 0.15) is 11.5 Å². The molecule has 0 spiro atoms. The van der Waals surface area contributed by atoms with Crippen molar-refractivity contribution < 1.29 is 17.6 Å². The van der Waals surface area contributed by atoms with Gasteiger partial charge in [0.05, 0.1) is 11.3 Å². The molecule has 0 aliphatic carbocycles. The zero-order valence-electron chi connectivity index (χ0n) is 7.72. The molecule has 1 aromatic carbocycles. The van der Waals surface area contributed by atoms with Gasteiger partial charge in [-0.3, -0.25) is 0 Å². The van der Waals surface area contributed by atoms with E-state index in [0.717, 1.165) is 12.1 Å². The second-order valence-electron chi connectivity index (χ2n) is 3.14. The largest absolute Gasteiger partial charge is 0.439 e. The molecule has 80 valence electrons.